The van der Waals surface area contributed by atoms with Crippen LogP contribution in [0.2, 0.25) is 0 Å². The standard InChI is InChI=1S/C25H23FN4OS/c26-20-5-1-3-7-22(20)30-15-13-29(14-16-30)17-24(31)27-19-11-9-18(10-12-19)25-28-21-6-2-4-8-23(21)32-25/h1-12H,13-17H2,(H,27,31). The van der Waals surface area contributed by atoms with Crippen molar-refractivity contribution in [2.24, 2.45) is 0 Å². The lowest BCUT2D eigenvalue weighted by molar-refractivity contribution is -0.117. The number of rotatable bonds is 5. The fourth-order valence-electron chi connectivity index (χ4n) is 3.95. The van der Waals surface area contributed by atoms with Gasteiger partial charge in [0.15, 0.2) is 0 Å². The Labute approximate surface area is 190 Å². The second-order valence-corrected chi connectivity index (χ2v) is 8.86. The minimum Gasteiger partial charge on any atom is -0.367 e. The van der Waals surface area contributed by atoms with Crippen LogP contribution in [0.3, 0.4) is 0 Å². The van der Waals surface area contributed by atoms with E-state index in [2.05, 4.69) is 21.3 Å². The number of anilines is 2. The maximum atomic E-state index is 14.0. The highest BCUT2D eigenvalue weighted by Crippen LogP contribution is 2.30. The maximum absolute atomic E-state index is 14.0. The van der Waals surface area contributed by atoms with Gasteiger partial charge in [0.1, 0.15) is 10.8 Å². The van der Waals surface area contributed by atoms with Crippen molar-refractivity contribution in [3.8, 4) is 10.6 Å². The van der Waals surface area contributed by atoms with Crippen LogP contribution < -0.4 is 10.2 Å². The zero-order valence-electron chi connectivity index (χ0n) is 17.5. The van der Waals surface area contributed by atoms with Gasteiger partial charge in [0, 0.05) is 37.4 Å². The van der Waals surface area contributed by atoms with Crippen LogP contribution >= 0.6 is 11.3 Å². The van der Waals surface area contributed by atoms with E-state index in [4.69, 9.17) is 0 Å². The molecule has 1 saturated heterocycles. The molecule has 0 aliphatic carbocycles. The van der Waals surface area contributed by atoms with Crippen molar-refractivity contribution >= 4 is 38.8 Å². The van der Waals surface area contributed by atoms with Gasteiger partial charge in [-0.05, 0) is 48.5 Å². The van der Waals surface area contributed by atoms with Gasteiger partial charge in [-0.15, -0.1) is 11.3 Å². The van der Waals surface area contributed by atoms with E-state index in [9.17, 15) is 9.18 Å². The quantitative estimate of drug-likeness (QED) is 0.476. The summed E-state index contributed by atoms with van der Waals surface area (Å²) in [6.07, 6.45) is 0. The number of fused-ring (bicyclic) bond motifs is 1. The number of amides is 1. The van der Waals surface area contributed by atoms with Gasteiger partial charge < -0.3 is 10.2 Å². The van der Waals surface area contributed by atoms with E-state index in [1.165, 1.54) is 6.07 Å². The van der Waals surface area contributed by atoms with E-state index in [0.717, 1.165) is 39.6 Å². The molecule has 1 aliphatic rings. The molecule has 0 atom stereocenters. The number of thiazole rings is 1. The maximum Gasteiger partial charge on any atom is 0.238 e. The Morgan fingerprint density at radius 1 is 0.938 bits per heavy atom. The first-order chi connectivity index (χ1) is 15.7. The minimum atomic E-state index is -0.201. The number of benzene rings is 3. The number of carbonyl (C=O) groups is 1. The molecular weight excluding hydrogens is 423 g/mol. The fraction of sp³-hybridized carbons (Fsp3) is 0.200. The smallest absolute Gasteiger partial charge is 0.238 e. The summed E-state index contributed by atoms with van der Waals surface area (Å²) in [6.45, 7) is 3.16. The highest BCUT2D eigenvalue weighted by molar-refractivity contribution is 7.21. The monoisotopic (exact) mass is 446 g/mol. The van der Waals surface area contributed by atoms with Gasteiger partial charge in [0.25, 0.3) is 0 Å². The Hall–Kier alpha value is -3.29. The van der Waals surface area contributed by atoms with Crippen molar-refractivity contribution in [3.63, 3.8) is 0 Å². The van der Waals surface area contributed by atoms with Crippen molar-refractivity contribution in [3.05, 3.63) is 78.6 Å². The molecule has 0 spiro atoms. The molecule has 1 aliphatic heterocycles. The summed E-state index contributed by atoms with van der Waals surface area (Å²) >= 11 is 1.66. The average Bonchev–Trinajstić information content (AvgIpc) is 3.25. The van der Waals surface area contributed by atoms with Gasteiger partial charge in [-0.1, -0.05) is 24.3 Å². The zero-order valence-corrected chi connectivity index (χ0v) is 18.3. The van der Waals surface area contributed by atoms with Crippen molar-refractivity contribution in [2.45, 2.75) is 0 Å². The van der Waals surface area contributed by atoms with E-state index in [0.29, 0.717) is 25.3 Å². The first-order valence-electron chi connectivity index (χ1n) is 10.6. The van der Waals surface area contributed by atoms with Crippen LogP contribution in [-0.2, 0) is 4.79 Å². The zero-order chi connectivity index (χ0) is 21.9. The van der Waals surface area contributed by atoms with E-state index in [-0.39, 0.29) is 11.7 Å². The first-order valence-corrected chi connectivity index (χ1v) is 11.4. The van der Waals surface area contributed by atoms with Crippen molar-refractivity contribution in [1.29, 1.82) is 0 Å². The normalized spacial score (nSPS) is 14.6. The summed E-state index contributed by atoms with van der Waals surface area (Å²) in [4.78, 5) is 21.3. The molecule has 0 bridgehead atoms. The SMILES string of the molecule is O=C(CN1CCN(c2ccccc2F)CC1)Nc1ccc(-c2nc3ccccc3s2)cc1. The Kier molecular flexibility index (Phi) is 5.83. The Morgan fingerprint density at radius 3 is 2.41 bits per heavy atom. The number of nitrogens with zero attached hydrogens (tertiary/aromatic N) is 3. The topological polar surface area (TPSA) is 48.5 Å². The van der Waals surface area contributed by atoms with Gasteiger partial charge in [-0.3, -0.25) is 9.69 Å². The van der Waals surface area contributed by atoms with Gasteiger partial charge in [-0.2, -0.15) is 0 Å². The molecule has 3 aromatic carbocycles. The molecule has 0 unspecified atom stereocenters. The van der Waals surface area contributed by atoms with E-state index in [1.54, 1.807) is 23.5 Å². The van der Waals surface area contributed by atoms with Crippen LogP contribution in [0.15, 0.2) is 72.8 Å². The van der Waals surface area contributed by atoms with Gasteiger partial charge in [-0.25, -0.2) is 9.37 Å². The minimum absolute atomic E-state index is 0.0444. The molecule has 5 rings (SSSR count). The lowest BCUT2D eigenvalue weighted by atomic mass is 10.2. The van der Waals surface area contributed by atoms with Crippen molar-refractivity contribution in [1.82, 2.24) is 9.88 Å². The first kappa shape index (κ1) is 20.6. The molecule has 162 valence electrons. The lowest BCUT2D eigenvalue weighted by Gasteiger charge is -2.35. The number of hydrogen-bond donors (Lipinski definition) is 1. The number of para-hydroxylation sites is 2. The second kappa shape index (κ2) is 9.06. The van der Waals surface area contributed by atoms with Crippen LogP contribution in [0.4, 0.5) is 15.8 Å². The Morgan fingerprint density at radius 2 is 1.66 bits per heavy atom. The molecule has 1 fully saturated rings. The molecule has 4 aromatic rings. The molecular formula is C25H23FN4OS. The number of carbonyl (C=O) groups excluding carboxylic acids is 1. The Bertz CT molecular complexity index is 1200. The number of piperazine rings is 1. The van der Waals surface area contributed by atoms with Crippen LogP contribution in [0.25, 0.3) is 20.8 Å². The summed E-state index contributed by atoms with van der Waals surface area (Å²) in [5.74, 6) is -0.245. The number of hydrogen-bond acceptors (Lipinski definition) is 5. The molecule has 0 radical (unpaired) electrons. The van der Waals surface area contributed by atoms with E-state index >= 15 is 0 Å². The molecule has 7 heteroatoms. The molecule has 0 saturated carbocycles. The highest BCUT2D eigenvalue weighted by atomic mass is 32.1. The molecule has 1 amide bonds. The van der Waals surface area contributed by atoms with Crippen LogP contribution in [0.1, 0.15) is 0 Å². The van der Waals surface area contributed by atoms with Crippen molar-refractivity contribution in [2.75, 3.05) is 42.9 Å². The highest BCUT2D eigenvalue weighted by Gasteiger charge is 2.21. The summed E-state index contributed by atoms with van der Waals surface area (Å²) in [6, 6.07) is 22.7. The largest absolute Gasteiger partial charge is 0.367 e. The lowest BCUT2D eigenvalue weighted by Crippen LogP contribution is -2.48. The molecule has 5 nitrogen and oxygen atoms in total. The number of nitrogens with one attached hydrogen (secondary N) is 1. The molecule has 1 aromatic heterocycles. The predicted octanol–water partition coefficient (Wildman–Crippen LogP) is 4.86. The summed E-state index contributed by atoms with van der Waals surface area (Å²) < 4.78 is 15.2. The summed E-state index contributed by atoms with van der Waals surface area (Å²) in [5, 5.41) is 3.94. The fourth-order valence-corrected chi connectivity index (χ4v) is 4.92. The predicted molar refractivity (Wildman–Crippen MR) is 129 cm³/mol. The third kappa shape index (κ3) is 4.49. The van der Waals surface area contributed by atoms with Crippen LogP contribution in [-0.4, -0.2) is 48.5 Å². The third-order valence-electron chi connectivity index (χ3n) is 5.64. The van der Waals surface area contributed by atoms with E-state index in [1.807, 2.05) is 53.4 Å². The summed E-state index contributed by atoms with van der Waals surface area (Å²) in [5.41, 5.74) is 3.43. The molecule has 1 N–H and O–H groups in total. The van der Waals surface area contributed by atoms with Crippen molar-refractivity contribution < 1.29 is 9.18 Å². The van der Waals surface area contributed by atoms with Crippen LogP contribution in [0.5, 0.6) is 0 Å². The van der Waals surface area contributed by atoms with Gasteiger partial charge in [0.05, 0.1) is 22.4 Å². The average molecular weight is 447 g/mol. The third-order valence-corrected chi connectivity index (χ3v) is 6.73. The van der Waals surface area contributed by atoms with E-state index < -0.39 is 0 Å². The molecule has 32 heavy (non-hydrogen) atoms. The molecule has 2 heterocycles. The van der Waals surface area contributed by atoms with Gasteiger partial charge >= 0.3 is 0 Å². The number of aromatic nitrogens is 1. The summed E-state index contributed by atoms with van der Waals surface area (Å²) in [7, 11) is 0. The van der Waals surface area contributed by atoms with Gasteiger partial charge in [0.2, 0.25) is 5.91 Å². The Balaban J connectivity index is 1.15. The number of halogens is 1. The van der Waals surface area contributed by atoms with Crippen LogP contribution in [0, 0.1) is 5.82 Å². The second-order valence-electron chi connectivity index (χ2n) is 7.83.